The summed E-state index contributed by atoms with van der Waals surface area (Å²) in [5.74, 6) is 0. The summed E-state index contributed by atoms with van der Waals surface area (Å²) in [4.78, 5) is 2.30. The average molecular weight is 348 g/mol. The van der Waals surface area contributed by atoms with E-state index in [0.717, 1.165) is 36.3 Å². The molecule has 0 N–H and O–H groups in total. The van der Waals surface area contributed by atoms with Crippen LogP contribution < -0.4 is 0 Å². The van der Waals surface area contributed by atoms with Crippen LogP contribution in [-0.2, 0) is 4.74 Å². The molecule has 120 valence electrons. The maximum atomic E-state index is 5.07. The summed E-state index contributed by atoms with van der Waals surface area (Å²) < 4.78 is 6.13. The van der Waals surface area contributed by atoms with Gasteiger partial charge in [-0.2, -0.15) is 0 Å². The number of likely N-dealkylation sites (N-methyl/N-ethyl adjacent to an activating group) is 1. The summed E-state index contributed by atoms with van der Waals surface area (Å²) in [6.07, 6.45) is 6.06. The molecule has 2 nitrogen and oxygen atoms in total. The number of allylic oxidation sites excluding steroid dienone is 3. The van der Waals surface area contributed by atoms with E-state index in [2.05, 4.69) is 40.4 Å². The molecule has 0 heterocycles. The fraction of sp³-hybridized carbons (Fsp3) is 0.647. The van der Waals surface area contributed by atoms with Gasteiger partial charge in [-0.3, -0.25) is 4.90 Å². The molecule has 0 aliphatic carbocycles. The smallest absolute Gasteiger partial charge is 0.0589 e. The summed E-state index contributed by atoms with van der Waals surface area (Å²) in [7, 11) is 1.73. The second-order valence-electron chi connectivity index (χ2n) is 3.55. The van der Waals surface area contributed by atoms with Gasteiger partial charge in [-0.05, 0) is 25.1 Å². The molecule has 0 saturated heterocycles. The van der Waals surface area contributed by atoms with Gasteiger partial charge < -0.3 is 4.74 Å². The largest absolute Gasteiger partial charge is 0.383 e. The van der Waals surface area contributed by atoms with Crippen LogP contribution in [0.3, 0.4) is 0 Å². The van der Waals surface area contributed by atoms with Gasteiger partial charge in [0, 0.05) is 24.7 Å². The van der Waals surface area contributed by atoms with Crippen molar-refractivity contribution >= 4 is 15.9 Å². The molecule has 0 radical (unpaired) electrons. The van der Waals surface area contributed by atoms with Crippen LogP contribution in [0.5, 0.6) is 0 Å². The highest BCUT2D eigenvalue weighted by atomic mass is 79.9. The van der Waals surface area contributed by atoms with Crippen LogP contribution in [0, 0.1) is 0 Å². The number of hydrogen-bond donors (Lipinski definition) is 0. The lowest BCUT2D eigenvalue weighted by Crippen LogP contribution is -2.28. The first-order valence-corrected chi connectivity index (χ1v) is 8.32. The lowest BCUT2D eigenvalue weighted by Gasteiger charge is -2.19. The van der Waals surface area contributed by atoms with Crippen LogP contribution in [0.2, 0.25) is 0 Å². The van der Waals surface area contributed by atoms with Crippen molar-refractivity contribution in [1.82, 2.24) is 4.90 Å². The molecule has 0 spiro atoms. The molecule has 0 aliphatic heterocycles. The Morgan fingerprint density at radius 1 is 1.25 bits per heavy atom. The van der Waals surface area contributed by atoms with Crippen molar-refractivity contribution in [2.24, 2.45) is 0 Å². The fourth-order valence-corrected chi connectivity index (χ4v) is 1.89. The number of hydrogen-bond acceptors (Lipinski definition) is 2. The van der Waals surface area contributed by atoms with Crippen molar-refractivity contribution < 1.29 is 4.74 Å². The van der Waals surface area contributed by atoms with Gasteiger partial charge in [0.1, 0.15) is 0 Å². The Morgan fingerprint density at radius 2 is 1.80 bits per heavy atom. The molecule has 3 heteroatoms. The van der Waals surface area contributed by atoms with Gasteiger partial charge in [0.25, 0.3) is 0 Å². The molecule has 0 atom stereocenters. The first-order valence-electron chi connectivity index (χ1n) is 7.53. The predicted molar refractivity (Wildman–Crippen MR) is 97.7 cm³/mol. The van der Waals surface area contributed by atoms with Gasteiger partial charge in [0.15, 0.2) is 0 Å². The van der Waals surface area contributed by atoms with Crippen molar-refractivity contribution in [2.45, 2.75) is 41.5 Å². The van der Waals surface area contributed by atoms with E-state index < -0.39 is 0 Å². The van der Waals surface area contributed by atoms with Gasteiger partial charge in [-0.1, -0.05) is 69.3 Å². The van der Waals surface area contributed by atoms with E-state index >= 15 is 0 Å². The van der Waals surface area contributed by atoms with E-state index in [1.807, 2.05) is 46.8 Å². The van der Waals surface area contributed by atoms with Crippen molar-refractivity contribution in [1.29, 1.82) is 0 Å². The molecule has 0 aromatic rings. The van der Waals surface area contributed by atoms with Crippen molar-refractivity contribution in [3.63, 3.8) is 0 Å². The van der Waals surface area contributed by atoms with E-state index in [-0.39, 0.29) is 0 Å². The highest BCUT2D eigenvalue weighted by Gasteiger charge is 2.02. The maximum Gasteiger partial charge on any atom is 0.0589 e. The van der Waals surface area contributed by atoms with E-state index in [1.165, 1.54) is 0 Å². The third-order valence-corrected chi connectivity index (χ3v) is 2.65. The molecule has 0 fully saturated rings. The quantitative estimate of drug-likeness (QED) is 0.543. The molecule has 0 saturated carbocycles. The Morgan fingerprint density at radius 3 is 2.20 bits per heavy atom. The van der Waals surface area contributed by atoms with Gasteiger partial charge >= 0.3 is 0 Å². The molecule has 0 bridgehead atoms. The highest BCUT2D eigenvalue weighted by molar-refractivity contribution is 9.11. The minimum absolute atomic E-state index is 0.765. The number of halogens is 1. The third kappa shape index (κ3) is 17.6. The summed E-state index contributed by atoms with van der Waals surface area (Å²) in [5, 5.41) is 0. The van der Waals surface area contributed by atoms with Crippen LogP contribution in [0.4, 0.5) is 0 Å². The minimum Gasteiger partial charge on any atom is -0.383 e. The van der Waals surface area contributed by atoms with Crippen LogP contribution in [0.1, 0.15) is 41.5 Å². The number of ether oxygens (including phenoxy) is 1. The zero-order valence-electron chi connectivity index (χ0n) is 14.5. The number of methoxy groups -OCH3 is 1. The summed E-state index contributed by atoms with van der Waals surface area (Å²) >= 11 is 3.47. The Labute approximate surface area is 135 Å². The molecular weight excluding hydrogens is 314 g/mol. The summed E-state index contributed by atoms with van der Waals surface area (Å²) in [6, 6.07) is 0. The normalized spacial score (nSPS) is 10.8. The van der Waals surface area contributed by atoms with Crippen LogP contribution in [0.15, 0.2) is 34.9 Å². The van der Waals surface area contributed by atoms with E-state index in [1.54, 1.807) is 7.11 Å². The molecular formula is C17H34BrNO. The monoisotopic (exact) mass is 347 g/mol. The molecule has 20 heavy (non-hydrogen) atoms. The van der Waals surface area contributed by atoms with Gasteiger partial charge in [-0.25, -0.2) is 0 Å². The SMILES string of the molecule is C=C(/C=C(Br)\C=C/C)CN(CC)CCOC.CC.CC. The Bertz CT molecular complexity index is 260. The second-order valence-corrected chi connectivity index (χ2v) is 4.46. The zero-order chi connectivity index (χ0) is 16.4. The van der Waals surface area contributed by atoms with Gasteiger partial charge in [-0.15, -0.1) is 0 Å². The van der Waals surface area contributed by atoms with E-state index in [0.29, 0.717) is 0 Å². The lowest BCUT2D eigenvalue weighted by molar-refractivity contribution is 0.156. The number of nitrogens with zero attached hydrogens (tertiary/aromatic N) is 1. The van der Waals surface area contributed by atoms with E-state index in [4.69, 9.17) is 4.74 Å². The predicted octanol–water partition coefficient (Wildman–Crippen LogP) is 5.42. The van der Waals surface area contributed by atoms with E-state index in [9.17, 15) is 0 Å². The summed E-state index contributed by atoms with van der Waals surface area (Å²) in [5.41, 5.74) is 1.10. The van der Waals surface area contributed by atoms with Crippen molar-refractivity contribution in [3.05, 3.63) is 34.9 Å². The molecule has 0 amide bonds. The molecule has 0 aliphatic rings. The van der Waals surface area contributed by atoms with Crippen molar-refractivity contribution in [3.8, 4) is 0 Å². The Hall–Kier alpha value is -0.380. The summed E-state index contributed by atoms with van der Waals surface area (Å²) in [6.45, 7) is 19.8. The first-order chi connectivity index (χ1) is 9.63. The third-order valence-electron chi connectivity index (χ3n) is 2.15. The molecule has 0 aromatic heterocycles. The molecule has 0 unspecified atom stereocenters. The van der Waals surface area contributed by atoms with Crippen LogP contribution in [0.25, 0.3) is 0 Å². The second kappa shape index (κ2) is 20.9. The van der Waals surface area contributed by atoms with Gasteiger partial charge in [0.05, 0.1) is 6.61 Å². The lowest BCUT2D eigenvalue weighted by atomic mass is 10.2. The van der Waals surface area contributed by atoms with Crippen LogP contribution >= 0.6 is 15.9 Å². The molecule has 0 rings (SSSR count). The topological polar surface area (TPSA) is 12.5 Å². The molecule has 0 aromatic carbocycles. The van der Waals surface area contributed by atoms with Crippen LogP contribution in [-0.4, -0.2) is 38.3 Å². The minimum atomic E-state index is 0.765. The fourth-order valence-electron chi connectivity index (χ4n) is 1.30. The maximum absolute atomic E-state index is 5.07. The van der Waals surface area contributed by atoms with Gasteiger partial charge in [0.2, 0.25) is 0 Å². The van der Waals surface area contributed by atoms with Crippen molar-refractivity contribution in [2.75, 3.05) is 33.4 Å². The average Bonchev–Trinajstić information content (AvgIpc) is 2.47. The number of rotatable bonds is 8. The first kappa shape index (κ1) is 24.6. The Kier molecular flexibility index (Phi) is 25.8. The standard InChI is InChI=1S/C13H22BrNO.2C2H6/c1-5-7-13(14)10-12(3)11-15(6-2)8-9-16-4;2*1-2/h5,7,10H,3,6,8-9,11H2,1-2,4H3;2*1-2H3/b7-5-,13-10+;;. The zero-order valence-corrected chi connectivity index (χ0v) is 16.1. The Balaban J connectivity index is -0.000000656. The highest BCUT2D eigenvalue weighted by Crippen LogP contribution is 2.11.